The zero-order chi connectivity index (χ0) is 21.7. The number of rotatable bonds is 9. The van der Waals surface area contributed by atoms with E-state index in [1.165, 1.54) is 28.2 Å². The minimum atomic E-state index is 0.0740. The number of nitrogens with zero attached hydrogens (tertiary/aromatic N) is 6. The van der Waals surface area contributed by atoms with E-state index in [1.807, 2.05) is 32.4 Å². The van der Waals surface area contributed by atoms with Gasteiger partial charge < -0.3 is 10.7 Å². The molecule has 0 fully saturated rings. The van der Waals surface area contributed by atoms with E-state index in [0.717, 1.165) is 28.4 Å². The van der Waals surface area contributed by atoms with Crippen molar-refractivity contribution >= 4 is 29.4 Å². The number of aromatic nitrogens is 5. The van der Waals surface area contributed by atoms with Gasteiger partial charge in [0.05, 0.1) is 17.1 Å². The van der Waals surface area contributed by atoms with E-state index in [9.17, 15) is 4.79 Å². The molecule has 0 unspecified atom stereocenters. The summed E-state index contributed by atoms with van der Waals surface area (Å²) in [5, 5.41) is 14.0. The van der Waals surface area contributed by atoms with Gasteiger partial charge in [-0.05, 0) is 51.5 Å². The first-order valence-corrected chi connectivity index (χ1v) is 11.8. The highest BCUT2D eigenvalue weighted by Crippen LogP contribution is 2.24. The van der Waals surface area contributed by atoms with E-state index in [4.69, 9.17) is 5.84 Å². The predicted molar refractivity (Wildman–Crippen MR) is 121 cm³/mol. The lowest BCUT2D eigenvalue weighted by atomic mass is 10.2. The molecular formula is C20H27N7OS2. The molecule has 0 radical (unpaired) electrons. The van der Waals surface area contributed by atoms with Crippen molar-refractivity contribution in [2.24, 2.45) is 0 Å². The van der Waals surface area contributed by atoms with E-state index in [-0.39, 0.29) is 5.91 Å². The van der Waals surface area contributed by atoms with Crippen LogP contribution in [0.1, 0.15) is 30.8 Å². The molecule has 0 bridgehead atoms. The number of thioether (sulfide) groups is 2. The van der Waals surface area contributed by atoms with Crippen LogP contribution in [-0.2, 0) is 10.5 Å². The van der Waals surface area contributed by atoms with Crippen LogP contribution in [0.4, 0.5) is 0 Å². The number of benzene rings is 1. The zero-order valence-corrected chi connectivity index (χ0v) is 19.3. The molecule has 10 heteroatoms. The molecule has 0 saturated carbocycles. The molecule has 8 nitrogen and oxygen atoms in total. The van der Waals surface area contributed by atoms with Crippen molar-refractivity contribution in [1.82, 2.24) is 29.6 Å². The summed E-state index contributed by atoms with van der Waals surface area (Å²) < 4.78 is 3.39. The molecule has 1 amide bonds. The van der Waals surface area contributed by atoms with Crippen molar-refractivity contribution in [3.05, 3.63) is 47.3 Å². The van der Waals surface area contributed by atoms with Gasteiger partial charge in [-0.3, -0.25) is 4.79 Å². The van der Waals surface area contributed by atoms with Crippen molar-refractivity contribution < 1.29 is 4.79 Å². The Morgan fingerprint density at radius 1 is 1.07 bits per heavy atom. The van der Waals surface area contributed by atoms with Crippen molar-refractivity contribution in [2.75, 3.05) is 24.7 Å². The number of hydrogen-bond donors (Lipinski definition) is 1. The third-order valence-electron chi connectivity index (χ3n) is 4.63. The molecule has 1 aromatic carbocycles. The smallest absolute Gasteiger partial charge is 0.233 e. The summed E-state index contributed by atoms with van der Waals surface area (Å²) in [5.74, 6) is 7.22. The number of aryl methyl sites for hydroxylation is 2. The maximum absolute atomic E-state index is 12.2. The van der Waals surface area contributed by atoms with Gasteiger partial charge in [0, 0.05) is 24.5 Å². The number of nitrogens with two attached hydrogens (primary N) is 1. The summed E-state index contributed by atoms with van der Waals surface area (Å²) in [6, 6.07) is 10.3. The van der Waals surface area contributed by atoms with Gasteiger partial charge >= 0.3 is 0 Å². The molecule has 30 heavy (non-hydrogen) atoms. The SMILES string of the molecule is CCN(CC)C(=O)CSc1nnc(SCc2ccc(-n3nc(C)cc3C)cc2)n1N. The third-order valence-corrected chi connectivity index (χ3v) is 6.57. The molecule has 0 spiro atoms. The molecular weight excluding hydrogens is 418 g/mol. The highest BCUT2D eigenvalue weighted by atomic mass is 32.2. The van der Waals surface area contributed by atoms with Gasteiger partial charge in [-0.25, -0.2) is 9.36 Å². The maximum Gasteiger partial charge on any atom is 0.233 e. The van der Waals surface area contributed by atoms with Gasteiger partial charge in [0.15, 0.2) is 0 Å². The molecule has 3 rings (SSSR count). The average Bonchev–Trinajstić information content (AvgIpc) is 3.27. The van der Waals surface area contributed by atoms with E-state index in [0.29, 0.717) is 29.2 Å². The number of hydrogen-bond acceptors (Lipinski definition) is 7. The fourth-order valence-electron chi connectivity index (χ4n) is 3.03. The van der Waals surface area contributed by atoms with Crippen molar-refractivity contribution in [3.63, 3.8) is 0 Å². The second-order valence-corrected chi connectivity index (χ2v) is 8.67. The van der Waals surface area contributed by atoms with Gasteiger partial charge in [0.25, 0.3) is 0 Å². The molecule has 2 aromatic heterocycles. The summed E-state index contributed by atoms with van der Waals surface area (Å²) in [5.41, 5.74) is 4.30. The summed E-state index contributed by atoms with van der Waals surface area (Å²) >= 11 is 2.82. The summed E-state index contributed by atoms with van der Waals surface area (Å²) in [7, 11) is 0. The molecule has 3 aromatic rings. The van der Waals surface area contributed by atoms with Gasteiger partial charge in [-0.15, -0.1) is 10.2 Å². The molecule has 0 aliphatic heterocycles. The fourth-order valence-corrected chi connectivity index (χ4v) is 4.66. The highest BCUT2D eigenvalue weighted by Gasteiger charge is 2.15. The van der Waals surface area contributed by atoms with Gasteiger partial charge in [-0.2, -0.15) is 5.10 Å². The lowest BCUT2D eigenvalue weighted by molar-refractivity contribution is -0.127. The minimum absolute atomic E-state index is 0.0740. The Hall–Kier alpha value is -2.46. The van der Waals surface area contributed by atoms with Crippen LogP contribution in [0.25, 0.3) is 5.69 Å². The molecule has 0 atom stereocenters. The third kappa shape index (κ3) is 5.17. The lowest BCUT2D eigenvalue weighted by Crippen LogP contribution is -2.32. The first-order valence-electron chi connectivity index (χ1n) is 9.79. The molecule has 2 heterocycles. The number of carbonyl (C=O) groups is 1. The Labute approximate surface area is 185 Å². The molecule has 0 aliphatic rings. The first kappa shape index (κ1) is 22.2. The summed E-state index contributed by atoms with van der Waals surface area (Å²) in [6.07, 6.45) is 0. The second kappa shape index (κ2) is 10.0. The van der Waals surface area contributed by atoms with Crippen LogP contribution >= 0.6 is 23.5 Å². The lowest BCUT2D eigenvalue weighted by Gasteiger charge is -2.17. The number of amides is 1. The van der Waals surface area contributed by atoms with Crippen LogP contribution in [-0.4, -0.2) is 54.3 Å². The predicted octanol–water partition coefficient (Wildman–Crippen LogP) is 3.05. The van der Waals surface area contributed by atoms with Crippen molar-refractivity contribution in [3.8, 4) is 5.69 Å². The second-order valence-electron chi connectivity index (χ2n) is 6.78. The van der Waals surface area contributed by atoms with Gasteiger partial charge in [-0.1, -0.05) is 35.7 Å². The van der Waals surface area contributed by atoms with E-state index in [1.54, 1.807) is 4.90 Å². The van der Waals surface area contributed by atoms with Gasteiger partial charge in [0.2, 0.25) is 16.2 Å². The first-order chi connectivity index (χ1) is 14.4. The van der Waals surface area contributed by atoms with Crippen LogP contribution < -0.4 is 5.84 Å². The molecule has 2 N–H and O–H groups in total. The molecule has 0 saturated heterocycles. The Bertz CT molecular complexity index is 993. The molecule has 160 valence electrons. The standard InChI is InChI=1S/C20H27N7OS2/c1-5-25(6-2)18(28)13-30-20-23-22-19(26(20)21)29-12-16-7-9-17(10-8-16)27-15(4)11-14(3)24-27/h7-11H,5-6,12-13,21H2,1-4H3. The topological polar surface area (TPSA) is 94.9 Å². The monoisotopic (exact) mass is 445 g/mol. The molecule has 0 aliphatic carbocycles. The quantitative estimate of drug-likeness (QED) is 0.399. The number of nitrogen functional groups attached to an aromatic ring is 1. The Morgan fingerprint density at radius 3 is 2.27 bits per heavy atom. The Kier molecular flexibility index (Phi) is 7.43. The summed E-state index contributed by atoms with van der Waals surface area (Å²) in [6.45, 7) is 9.37. The number of carbonyl (C=O) groups excluding carboxylic acids is 1. The average molecular weight is 446 g/mol. The summed E-state index contributed by atoms with van der Waals surface area (Å²) in [4.78, 5) is 13.9. The van der Waals surface area contributed by atoms with Crippen LogP contribution in [0, 0.1) is 13.8 Å². The Balaban J connectivity index is 1.57. The largest absolute Gasteiger partial charge is 0.343 e. The van der Waals surface area contributed by atoms with E-state index in [2.05, 4.69) is 45.6 Å². The van der Waals surface area contributed by atoms with Crippen molar-refractivity contribution in [1.29, 1.82) is 0 Å². The fraction of sp³-hybridized carbons (Fsp3) is 0.400. The van der Waals surface area contributed by atoms with Crippen molar-refractivity contribution in [2.45, 2.75) is 43.8 Å². The van der Waals surface area contributed by atoms with Crippen LogP contribution in [0.3, 0.4) is 0 Å². The van der Waals surface area contributed by atoms with E-state index < -0.39 is 0 Å². The Morgan fingerprint density at radius 2 is 1.70 bits per heavy atom. The van der Waals surface area contributed by atoms with Crippen LogP contribution in [0.5, 0.6) is 0 Å². The van der Waals surface area contributed by atoms with E-state index >= 15 is 0 Å². The minimum Gasteiger partial charge on any atom is -0.343 e. The van der Waals surface area contributed by atoms with Gasteiger partial charge in [0.1, 0.15) is 0 Å². The van der Waals surface area contributed by atoms with Crippen LogP contribution in [0.15, 0.2) is 40.6 Å². The highest BCUT2D eigenvalue weighted by molar-refractivity contribution is 8.00. The normalized spacial score (nSPS) is 11.1. The zero-order valence-electron chi connectivity index (χ0n) is 17.7. The van der Waals surface area contributed by atoms with Crippen LogP contribution in [0.2, 0.25) is 0 Å². The maximum atomic E-state index is 12.2.